The number of carbonyl (C=O) groups excluding carboxylic acids is 1. The van der Waals surface area contributed by atoms with Gasteiger partial charge in [-0.3, -0.25) is 4.79 Å². The molecule has 0 bridgehead atoms. The molecule has 0 atom stereocenters. The highest BCUT2D eigenvalue weighted by Crippen LogP contribution is 2.21. The van der Waals surface area contributed by atoms with E-state index in [4.69, 9.17) is 0 Å². The summed E-state index contributed by atoms with van der Waals surface area (Å²) >= 11 is 0. The molecule has 5 nitrogen and oxygen atoms in total. The zero-order valence-electron chi connectivity index (χ0n) is 9.46. The molecule has 0 aliphatic heterocycles. The normalized spacial score (nSPS) is 12.8. The fraction of sp³-hybridized carbons (Fsp3) is 0.875. The lowest BCUT2D eigenvalue weighted by atomic mass is 10.3. The first-order valence-electron chi connectivity index (χ1n) is 4.81. The van der Waals surface area contributed by atoms with Gasteiger partial charge in [0.1, 0.15) is 0 Å². The number of sulfonamides is 1. The molecular formula is C8H13F4NO4S. The third-order valence-electron chi connectivity index (χ3n) is 1.87. The SMILES string of the molecule is COC(=O)CCCS(=O)(=O)NCC(F)(F)C(F)F. The molecule has 0 amide bonds. The van der Waals surface area contributed by atoms with Gasteiger partial charge in [0, 0.05) is 6.42 Å². The average molecular weight is 295 g/mol. The van der Waals surface area contributed by atoms with E-state index in [1.807, 2.05) is 0 Å². The van der Waals surface area contributed by atoms with Crippen molar-refractivity contribution in [2.75, 3.05) is 19.4 Å². The van der Waals surface area contributed by atoms with Crippen LogP contribution in [-0.4, -0.2) is 46.1 Å². The van der Waals surface area contributed by atoms with Crippen LogP contribution in [-0.2, 0) is 19.6 Å². The van der Waals surface area contributed by atoms with Crippen molar-refractivity contribution in [3.8, 4) is 0 Å². The summed E-state index contributed by atoms with van der Waals surface area (Å²) in [5.41, 5.74) is 0. The molecule has 0 fully saturated rings. The van der Waals surface area contributed by atoms with E-state index in [1.165, 1.54) is 4.72 Å². The Morgan fingerprint density at radius 2 is 1.94 bits per heavy atom. The van der Waals surface area contributed by atoms with Gasteiger partial charge in [-0.25, -0.2) is 21.9 Å². The minimum atomic E-state index is -4.42. The summed E-state index contributed by atoms with van der Waals surface area (Å²) in [6.07, 6.45) is -4.31. The Kier molecular flexibility index (Phi) is 6.54. The third-order valence-corrected chi connectivity index (χ3v) is 3.28. The first-order valence-corrected chi connectivity index (χ1v) is 6.46. The fourth-order valence-corrected chi connectivity index (χ4v) is 1.95. The molecule has 0 saturated heterocycles. The maximum absolute atomic E-state index is 12.4. The topological polar surface area (TPSA) is 72.5 Å². The van der Waals surface area contributed by atoms with E-state index in [2.05, 4.69) is 4.74 Å². The second-order valence-electron chi connectivity index (χ2n) is 3.38. The Hall–Kier alpha value is -0.900. The first kappa shape index (κ1) is 17.1. The van der Waals surface area contributed by atoms with Gasteiger partial charge in [-0.1, -0.05) is 0 Å². The van der Waals surface area contributed by atoms with Crippen LogP contribution in [0.5, 0.6) is 0 Å². The zero-order chi connectivity index (χ0) is 14.4. The van der Waals surface area contributed by atoms with Crippen LogP contribution in [0.25, 0.3) is 0 Å². The minimum Gasteiger partial charge on any atom is -0.469 e. The average Bonchev–Trinajstić information content (AvgIpc) is 2.26. The molecule has 18 heavy (non-hydrogen) atoms. The van der Waals surface area contributed by atoms with E-state index in [9.17, 15) is 30.8 Å². The highest BCUT2D eigenvalue weighted by Gasteiger charge is 2.41. The summed E-state index contributed by atoms with van der Waals surface area (Å²) in [5, 5.41) is 0. The standard InChI is InChI=1S/C8H13F4NO4S/c1-17-6(14)3-2-4-18(15,16)13-5-8(11,12)7(9)10/h7,13H,2-5H2,1H3. The van der Waals surface area contributed by atoms with E-state index in [0.29, 0.717) is 0 Å². The lowest BCUT2D eigenvalue weighted by Gasteiger charge is -2.15. The number of hydrogen-bond donors (Lipinski definition) is 1. The van der Waals surface area contributed by atoms with E-state index < -0.39 is 40.6 Å². The lowest BCUT2D eigenvalue weighted by Crippen LogP contribution is -2.42. The van der Waals surface area contributed by atoms with Crippen LogP contribution in [0.4, 0.5) is 17.6 Å². The number of esters is 1. The van der Waals surface area contributed by atoms with Crippen LogP contribution < -0.4 is 4.72 Å². The third kappa shape index (κ3) is 6.74. The summed E-state index contributed by atoms with van der Waals surface area (Å²) in [4.78, 5) is 10.6. The smallest absolute Gasteiger partial charge is 0.320 e. The lowest BCUT2D eigenvalue weighted by molar-refractivity contribution is -0.140. The van der Waals surface area contributed by atoms with E-state index in [-0.39, 0.29) is 12.8 Å². The maximum atomic E-state index is 12.4. The van der Waals surface area contributed by atoms with Crippen molar-refractivity contribution in [3.63, 3.8) is 0 Å². The predicted molar refractivity (Wildman–Crippen MR) is 54.0 cm³/mol. The Morgan fingerprint density at radius 1 is 1.39 bits per heavy atom. The number of methoxy groups -OCH3 is 1. The molecule has 0 aliphatic rings. The van der Waals surface area contributed by atoms with Crippen LogP contribution in [0.2, 0.25) is 0 Å². The molecule has 0 unspecified atom stereocenters. The largest absolute Gasteiger partial charge is 0.469 e. The molecule has 10 heteroatoms. The second kappa shape index (κ2) is 6.88. The van der Waals surface area contributed by atoms with Gasteiger partial charge in [-0.15, -0.1) is 0 Å². The molecule has 0 rings (SSSR count). The molecule has 0 aliphatic carbocycles. The molecule has 0 saturated carbocycles. The molecular weight excluding hydrogens is 282 g/mol. The first-order chi connectivity index (χ1) is 8.10. The van der Waals surface area contributed by atoms with Crippen molar-refractivity contribution in [3.05, 3.63) is 0 Å². The van der Waals surface area contributed by atoms with Crippen molar-refractivity contribution < 1.29 is 35.5 Å². The number of rotatable bonds is 8. The van der Waals surface area contributed by atoms with Gasteiger partial charge >= 0.3 is 18.3 Å². The quantitative estimate of drug-likeness (QED) is 0.530. The summed E-state index contributed by atoms with van der Waals surface area (Å²) in [7, 11) is -3.01. The Balaban J connectivity index is 4.13. The van der Waals surface area contributed by atoms with Crippen LogP contribution in [0.3, 0.4) is 0 Å². The second-order valence-corrected chi connectivity index (χ2v) is 5.31. The van der Waals surface area contributed by atoms with Crippen molar-refractivity contribution in [1.29, 1.82) is 0 Å². The van der Waals surface area contributed by atoms with Crippen molar-refractivity contribution in [2.45, 2.75) is 25.2 Å². The molecule has 0 aromatic heterocycles. The van der Waals surface area contributed by atoms with Gasteiger partial charge in [0.25, 0.3) is 0 Å². The van der Waals surface area contributed by atoms with Crippen molar-refractivity contribution in [1.82, 2.24) is 4.72 Å². The summed E-state index contributed by atoms with van der Waals surface area (Å²) in [6, 6.07) is 0. The molecule has 108 valence electrons. The molecule has 0 spiro atoms. The molecule has 0 radical (unpaired) electrons. The van der Waals surface area contributed by atoms with E-state index >= 15 is 0 Å². The number of carbonyl (C=O) groups is 1. The van der Waals surface area contributed by atoms with Gasteiger partial charge < -0.3 is 4.74 Å². The fourth-order valence-electron chi connectivity index (χ4n) is 0.864. The zero-order valence-corrected chi connectivity index (χ0v) is 10.3. The summed E-state index contributed by atoms with van der Waals surface area (Å²) in [5.74, 6) is -5.69. The van der Waals surface area contributed by atoms with Crippen LogP contribution >= 0.6 is 0 Å². The summed E-state index contributed by atoms with van der Waals surface area (Å²) < 4.78 is 76.2. The van der Waals surface area contributed by atoms with Crippen LogP contribution in [0.15, 0.2) is 0 Å². The summed E-state index contributed by atoms with van der Waals surface area (Å²) in [6.45, 7) is -1.68. The van der Waals surface area contributed by atoms with Gasteiger partial charge in [0.2, 0.25) is 10.0 Å². The number of halogens is 4. The predicted octanol–water partition coefficient (Wildman–Crippen LogP) is 0.759. The highest BCUT2D eigenvalue weighted by atomic mass is 32.2. The molecule has 1 N–H and O–H groups in total. The van der Waals surface area contributed by atoms with E-state index in [1.54, 1.807) is 0 Å². The number of nitrogens with one attached hydrogen (secondary N) is 1. The van der Waals surface area contributed by atoms with Crippen LogP contribution in [0.1, 0.15) is 12.8 Å². The molecule has 0 heterocycles. The Morgan fingerprint density at radius 3 is 2.39 bits per heavy atom. The van der Waals surface area contributed by atoms with Gasteiger partial charge in [-0.05, 0) is 6.42 Å². The maximum Gasteiger partial charge on any atom is 0.320 e. The van der Waals surface area contributed by atoms with Gasteiger partial charge in [0.05, 0.1) is 19.4 Å². The number of hydrogen-bond acceptors (Lipinski definition) is 4. The number of alkyl halides is 4. The monoisotopic (exact) mass is 295 g/mol. The van der Waals surface area contributed by atoms with Crippen molar-refractivity contribution >= 4 is 16.0 Å². The highest BCUT2D eigenvalue weighted by molar-refractivity contribution is 7.89. The van der Waals surface area contributed by atoms with Crippen molar-refractivity contribution in [2.24, 2.45) is 0 Å². The molecule has 0 aromatic carbocycles. The Bertz CT molecular complexity index is 371. The molecule has 0 aromatic rings. The number of ether oxygens (including phenoxy) is 1. The van der Waals surface area contributed by atoms with Gasteiger partial charge in [0.15, 0.2) is 0 Å². The Labute approximate surface area is 102 Å². The van der Waals surface area contributed by atoms with Gasteiger partial charge in [-0.2, -0.15) is 8.78 Å². The van der Waals surface area contributed by atoms with Crippen LogP contribution in [0, 0.1) is 0 Å². The minimum absolute atomic E-state index is 0.151. The van der Waals surface area contributed by atoms with E-state index in [0.717, 1.165) is 7.11 Å².